The maximum atomic E-state index is 13.1. The molecular weight excluding hydrogens is 704 g/mol. The molecule has 7 nitrogen and oxygen atoms in total. The molecule has 10 heteroatoms. The van der Waals surface area contributed by atoms with Gasteiger partial charge in [-0.05, 0) is 62.9 Å². The number of nitrogens with zero attached hydrogens (tertiary/aromatic N) is 2. The normalized spacial score (nSPS) is 16.0. The van der Waals surface area contributed by atoms with Gasteiger partial charge in [0.25, 0.3) is 0 Å². The van der Waals surface area contributed by atoms with Crippen LogP contribution in [-0.4, -0.2) is 26.2 Å². The van der Waals surface area contributed by atoms with Crippen molar-refractivity contribution in [2.75, 3.05) is 19.1 Å². The third kappa shape index (κ3) is 4.38. The summed E-state index contributed by atoms with van der Waals surface area (Å²) in [6, 6.07) is 14.7. The van der Waals surface area contributed by atoms with Crippen LogP contribution >= 0.6 is 61.1 Å². The molecule has 0 aliphatic carbocycles. The van der Waals surface area contributed by atoms with Crippen LogP contribution in [0.4, 0.5) is 5.69 Å². The van der Waals surface area contributed by atoms with Gasteiger partial charge in [0, 0.05) is 11.6 Å². The average molecular weight is 720 g/mol. The second-order valence-electron chi connectivity index (χ2n) is 6.55. The minimum Gasteiger partial charge on any atom is -0.466 e. The van der Waals surface area contributed by atoms with E-state index in [0.29, 0.717) is 11.3 Å². The van der Waals surface area contributed by atoms with Crippen molar-refractivity contribution in [3.8, 4) is 6.07 Å². The highest BCUT2D eigenvalue weighted by molar-refractivity contribution is 14.1. The van der Waals surface area contributed by atoms with E-state index in [1.807, 2.05) is 18.2 Å². The van der Waals surface area contributed by atoms with Crippen molar-refractivity contribution in [3.05, 3.63) is 82.3 Å². The van der Waals surface area contributed by atoms with Crippen molar-refractivity contribution in [2.24, 2.45) is 5.73 Å². The van der Waals surface area contributed by atoms with Gasteiger partial charge in [-0.25, -0.2) is 9.59 Å². The van der Waals surface area contributed by atoms with Crippen LogP contribution in [0.5, 0.6) is 0 Å². The fourth-order valence-electron chi connectivity index (χ4n) is 3.49. The van der Waals surface area contributed by atoms with Crippen LogP contribution in [0.3, 0.4) is 0 Å². The zero-order chi connectivity index (χ0) is 23.6. The zero-order valence-corrected chi connectivity index (χ0v) is 22.8. The van der Waals surface area contributed by atoms with E-state index in [-0.39, 0.29) is 22.7 Å². The number of carbonyl (C=O) groups is 2. The van der Waals surface area contributed by atoms with Crippen molar-refractivity contribution in [3.63, 3.8) is 0 Å². The third-order valence-electron chi connectivity index (χ3n) is 4.82. The van der Waals surface area contributed by atoms with Gasteiger partial charge in [0.2, 0.25) is 0 Å². The van der Waals surface area contributed by atoms with E-state index in [1.165, 1.54) is 19.1 Å². The molecule has 0 radical (unpaired) electrons. The highest BCUT2D eigenvalue weighted by Crippen LogP contribution is 2.45. The number of carbonyl (C=O) groups excluding carboxylic acids is 2. The minimum absolute atomic E-state index is 0.0224. The van der Waals surface area contributed by atoms with Gasteiger partial charge in [0.1, 0.15) is 11.5 Å². The van der Waals surface area contributed by atoms with Crippen LogP contribution < -0.4 is 10.6 Å². The van der Waals surface area contributed by atoms with Gasteiger partial charge in [-0.1, -0.05) is 46.3 Å². The number of halogens is 3. The van der Waals surface area contributed by atoms with Crippen molar-refractivity contribution < 1.29 is 19.1 Å². The van der Waals surface area contributed by atoms with Crippen molar-refractivity contribution in [1.29, 1.82) is 5.26 Å². The lowest BCUT2D eigenvalue weighted by molar-refractivity contribution is -0.139. The molecule has 1 aliphatic rings. The van der Waals surface area contributed by atoms with E-state index in [9.17, 15) is 14.9 Å². The summed E-state index contributed by atoms with van der Waals surface area (Å²) >= 11 is 7.68. The quantitative estimate of drug-likeness (QED) is 0.365. The Bertz CT molecular complexity index is 1180. The molecule has 2 N–H and O–H groups in total. The number of nitriles is 1. The van der Waals surface area contributed by atoms with Crippen molar-refractivity contribution in [2.45, 2.75) is 5.92 Å². The van der Waals surface area contributed by atoms with E-state index in [1.54, 1.807) is 24.3 Å². The van der Waals surface area contributed by atoms with Crippen LogP contribution in [0, 0.1) is 18.5 Å². The number of ether oxygens (including phenoxy) is 2. The Kier molecular flexibility index (Phi) is 7.84. The third-order valence-corrected chi connectivity index (χ3v) is 6.92. The smallest absolute Gasteiger partial charge is 0.355 e. The topological polar surface area (TPSA) is 106 Å². The summed E-state index contributed by atoms with van der Waals surface area (Å²) in [5.41, 5.74) is 7.70. The van der Waals surface area contributed by atoms with Crippen molar-refractivity contribution >= 4 is 78.7 Å². The SMILES string of the molecule is COC(=O)C1=C(C(=O)OC)N(c2c(I)cc(Br)cc2I)C(N)=C(C#N)C1c1ccccc1. The minimum atomic E-state index is -0.898. The number of rotatable bonds is 4. The van der Waals surface area contributed by atoms with Crippen molar-refractivity contribution in [1.82, 2.24) is 0 Å². The summed E-state index contributed by atoms with van der Waals surface area (Å²) in [4.78, 5) is 27.5. The summed E-state index contributed by atoms with van der Waals surface area (Å²) in [5.74, 6) is -2.40. The summed E-state index contributed by atoms with van der Waals surface area (Å²) in [6.07, 6.45) is 0. The molecule has 0 aromatic heterocycles. The highest BCUT2D eigenvalue weighted by Gasteiger charge is 2.43. The lowest BCUT2D eigenvalue weighted by Gasteiger charge is -2.36. The molecule has 0 saturated heterocycles. The van der Waals surface area contributed by atoms with Gasteiger partial charge in [-0.3, -0.25) is 4.90 Å². The Morgan fingerprint density at radius 1 is 1.09 bits per heavy atom. The standard InChI is InChI=1S/C22H16BrI2N3O4/c1-31-21(29)17-16(11-6-4-3-5-7-11)13(10-26)20(27)28(19(17)22(30)32-2)18-14(24)8-12(23)9-15(18)25/h3-9,16H,27H2,1-2H3. The van der Waals surface area contributed by atoms with E-state index in [0.717, 1.165) is 11.6 Å². The Labute approximate surface area is 220 Å². The van der Waals surface area contributed by atoms with Crippen LogP contribution in [-0.2, 0) is 19.1 Å². The lowest BCUT2D eigenvalue weighted by Crippen LogP contribution is -2.41. The van der Waals surface area contributed by atoms with Gasteiger partial charge in [0.05, 0.1) is 43.0 Å². The first-order chi connectivity index (χ1) is 15.3. The number of anilines is 1. The molecule has 1 atom stereocenters. The predicted octanol–water partition coefficient (Wildman–Crippen LogP) is 4.56. The Balaban J connectivity index is 2.48. The number of methoxy groups -OCH3 is 2. The van der Waals surface area contributed by atoms with Gasteiger partial charge in [-0.15, -0.1) is 0 Å². The molecule has 1 unspecified atom stereocenters. The van der Waals surface area contributed by atoms with Gasteiger partial charge >= 0.3 is 11.9 Å². The molecule has 1 aliphatic heterocycles. The van der Waals surface area contributed by atoms with E-state index in [4.69, 9.17) is 15.2 Å². The molecule has 164 valence electrons. The molecule has 1 heterocycles. The Morgan fingerprint density at radius 3 is 2.16 bits per heavy atom. The van der Waals surface area contributed by atoms with E-state index in [2.05, 4.69) is 67.2 Å². The van der Waals surface area contributed by atoms with Gasteiger partial charge in [-0.2, -0.15) is 5.26 Å². The average Bonchev–Trinajstić information content (AvgIpc) is 2.78. The molecule has 0 bridgehead atoms. The monoisotopic (exact) mass is 719 g/mol. The van der Waals surface area contributed by atoms with E-state index >= 15 is 0 Å². The van der Waals surface area contributed by atoms with Crippen LogP contribution in [0.25, 0.3) is 0 Å². The maximum absolute atomic E-state index is 13.1. The van der Waals surface area contributed by atoms with Gasteiger partial charge < -0.3 is 15.2 Å². The predicted molar refractivity (Wildman–Crippen MR) is 139 cm³/mol. The number of nitrogens with two attached hydrogens (primary N) is 1. The zero-order valence-electron chi connectivity index (χ0n) is 16.9. The molecule has 2 aromatic carbocycles. The summed E-state index contributed by atoms with van der Waals surface area (Å²) in [5, 5.41) is 10.1. The number of esters is 2. The maximum Gasteiger partial charge on any atom is 0.355 e. The number of allylic oxidation sites excluding steroid dienone is 1. The highest BCUT2D eigenvalue weighted by atomic mass is 127. The second-order valence-corrected chi connectivity index (χ2v) is 9.79. The number of hydrogen-bond acceptors (Lipinski definition) is 7. The number of benzene rings is 2. The fourth-order valence-corrected chi connectivity index (χ4v) is 7.06. The molecule has 0 fully saturated rings. The molecular formula is C22H16BrI2N3O4. The summed E-state index contributed by atoms with van der Waals surface area (Å²) in [6.45, 7) is 0. The molecule has 0 amide bonds. The molecule has 0 saturated carbocycles. The Morgan fingerprint density at radius 2 is 1.66 bits per heavy atom. The fraction of sp³-hybridized carbons (Fsp3) is 0.136. The van der Waals surface area contributed by atoms with Crippen LogP contribution in [0.2, 0.25) is 0 Å². The molecule has 0 spiro atoms. The summed E-state index contributed by atoms with van der Waals surface area (Å²) in [7, 11) is 2.44. The largest absolute Gasteiger partial charge is 0.466 e. The molecule has 3 rings (SSSR count). The lowest BCUT2D eigenvalue weighted by atomic mass is 9.81. The van der Waals surface area contributed by atoms with Crippen LogP contribution in [0.1, 0.15) is 11.5 Å². The number of hydrogen-bond donors (Lipinski definition) is 1. The molecule has 2 aromatic rings. The first kappa shape index (κ1) is 24.5. The Hall–Kier alpha value is -2.11. The van der Waals surface area contributed by atoms with Crippen LogP contribution in [0.15, 0.2) is 69.6 Å². The van der Waals surface area contributed by atoms with E-state index < -0.39 is 17.9 Å². The molecule has 32 heavy (non-hydrogen) atoms. The van der Waals surface area contributed by atoms with Gasteiger partial charge in [0.15, 0.2) is 0 Å². The first-order valence-corrected chi connectivity index (χ1v) is 12.0. The first-order valence-electron chi connectivity index (χ1n) is 9.06. The summed E-state index contributed by atoms with van der Waals surface area (Å²) < 4.78 is 12.4. The second kappa shape index (κ2) is 10.2.